The summed E-state index contributed by atoms with van der Waals surface area (Å²) in [7, 11) is 1.71. The Morgan fingerprint density at radius 2 is 1.74 bits per heavy atom. The third-order valence-corrected chi connectivity index (χ3v) is 3.38. The van der Waals surface area contributed by atoms with Gasteiger partial charge in [-0.1, -0.05) is 19.1 Å². The molecule has 0 aliphatic carbocycles. The van der Waals surface area contributed by atoms with Crippen LogP contribution in [0.5, 0.6) is 5.75 Å². The first kappa shape index (κ1) is 16.0. The lowest BCUT2D eigenvalue weighted by molar-refractivity contribution is 0.386. The molecule has 0 bridgehead atoms. The summed E-state index contributed by atoms with van der Waals surface area (Å²) in [5, 5.41) is 3.55. The molecular weight excluding hydrogens is 234 g/mol. The quantitative estimate of drug-likeness (QED) is 0.801. The topological polar surface area (TPSA) is 21.3 Å². The summed E-state index contributed by atoms with van der Waals surface area (Å²) < 4.78 is 5.17. The fourth-order valence-electron chi connectivity index (χ4n) is 2.04. The molecule has 0 saturated carbocycles. The molecule has 0 heterocycles. The second kappa shape index (κ2) is 7.54. The van der Waals surface area contributed by atoms with Crippen molar-refractivity contribution < 1.29 is 4.74 Å². The van der Waals surface area contributed by atoms with E-state index in [1.807, 2.05) is 12.1 Å². The largest absolute Gasteiger partial charge is 0.497 e. The van der Waals surface area contributed by atoms with Crippen LogP contribution in [0.1, 0.15) is 46.1 Å². The van der Waals surface area contributed by atoms with Crippen LogP contribution in [0.25, 0.3) is 0 Å². The van der Waals surface area contributed by atoms with Crippen LogP contribution in [0.2, 0.25) is 0 Å². The van der Waals surface area contributed by atoms with E-state index in [0.29, 0.717) is 0 Å². The van der Waals surface area contributed by atoms with E-state index >= 15 is 0 Å². The highest BCUT2D eigenvalue weighted by Gasteiger charge is 2.09. The lowest BCUT2D eigenvalue weighted by Gasteiger charge is -2.22. The van der Waals surface area contributed by atoms with Crippen LogP contribution in [-0.2, 0) is 6.42 Å². The van der Waals surface area contributed by atoms with Crippen molar-refractivity contribution in [2.75, 3.05) is 13.7 Å². The molecular formula is C17H29NO. The predicted molar refractivity (Wildman–Crippen MR) is 82.9 cm³/mol. The molecule has 1 N–H and O–H groups in total. The number of rotatable bonds is 7. The van der Waals surface area contributed by atoms with Gasteiger partial charge < -0.3 is 10.1 Å². The summed E-state index contributed by atoms with van der Waals surface area (Å²) in [6, 6.07) is 8.42. The van der Waals surface area contributed by atoms with Gasteiger partial charge in [0.1, 0.15) is 5.75 Å². The highest BCUT2D eigenvalue weighted by Crippen LogP contribution is 2.16. The zero-order valence-electron chi connectivity index (χ0n) is 13.1. The van der Waals surface area contributed by atoms with E-state index in [2.05, 4.69) is 45.1 Å². The highest BCUT2D eigenvalue weighted by molar-refractivity contribution is 5.27. The molecule has 1 aromatic carbocycles. The second-order valence-electron chi connectivity index (χ2n) is 6.46. The Hall–Kier alpha value is -1.02. The second-order valence-corrected chi connectivity index (χ2v) is 6.46. The maximum Gasteiger partial charge on any atom is 0.118 e. The molecule has 0 fully saturated rings. The van der Waals surface area contributed by atoms with Crippen LogP contribution >= 0.6 is 0 Å². The van der Waals surface area contributed by atoms with Gasteiger partial charge in [0.2, 0.25) is 0 Å². The monoisotopic (exact) mass is 263 g/mol. The first-order valence-corrected chi connectivity index (χ1v) is 7.28. The van der Waals surface area contributed by atoms with E-state index in [9.17, 15) is 0 Å². The standard InChI is InChI=1S/C17H29NO/c1-14(12-13-18-17(2,3)4)6-7-15-8-10-16(19-5)11-9-15/h8-11,14,18H,6-7,12-13H2,1-5H3. The van der Waals surface area contributed by atoms with Crippen LogP contribution in [0, 0.1) is 5.92 Å². The Bertz CT molecular complexity index is 351. The van der Waals surface area contributed by atoms with Crippen LogP contribution in [-0.4, -0.2) is 19.2 Å². The van der Waals surface area contributed by atoms with Crippen molar-refractivity contribution in [2.45, 2.75) is 52.5 Å². The van der Waals surface area contributed by atoms with Crippen molar-refractivity contribution in [1.82, 2.24) is 5.32 Å². The number of ether oxygens (including phenoxy) is 1. The Labute approximate surface area is 118 Å². The summed E-state index contributed by atoms with van der Waals surface area (Å²) in [6.45, 7) is 10.1. The minimum Gasteiger partial charge on any atom is -0.497 e. The van der Waals surface area contributed by atoms with E-state index < -0.39 is 0 Å². The van der Waals surface area contributed by atoms with Crippen molar-refractivity contribution in [1.29, 1.82) is 0 Å². The fourth-order valence-corrected chi connectivity index (χ4v) is 2.04. The van der Waals surface area contributed by atoms with Gasteiger partial charge in [-0.05, 0) is 70.2 Å². The predicted octanol–water partition coefficient (Wildman–Crippen LogP) is 4.04. The van der Waals surface area contributed by atoms with Crippen molar-refractivity contribution >= 4 is 0 Å². The summed E-state index contributed by atoms with van der Waals surface area (Å²) in [6.07, 6.45) is 3.65. The van der Waals surface area contributed by atoms with Crippen LogP contribution in [0.15, 0.2) is 24.3 Å². The zero-order valence-corrected chi connectivity index (χ0v) is 13.1. The third-order valence-electron chi connectivity index (χ3n) is 3.38. The number of hydrogen-bond acceptors (Lipinski definition) is 2. The van der Waals surface area contributed by atoms with Crippen LogP contribution in [0.3, 0.4) is 0 Å². The number of hydrogen-bond donors (Lipinski definition) is 1. The van der Waals surface area contributed by atoms with Gasteiger partial charge >= 0.3 is 0 Å². The first-order valence-electron chi connectivity index (χ1n) is 7.28. The van der Waals surface area contributed by atoms with Crippen molar-refractivity contribution in [3.8, 4) is 5.75 Å². The fraction of sp³-hybridized carbons (Fsp3) is 0.647. The third kappa shape index (κ3) is 7.22. The van der Waals surface area contributed by atoms with E-state index in [0.717, 1.165) is 24.6 Å². The Morgan fingerprint density at radius 1 is 1.11 bits per heavy atom. The molecule has 19 heavy (non-hydrogen) atoms. The van der Waals surface area contributed by atoms with E-state index in [1.54, 1.807) is 7.11 Å². The van der Waals surface area contributed by atoms with E-state index in [4.69, 9.17) is 4.74 Å². The molecule has 108 valence electrons. The van der Waals surface area contributed by atoms with Gasteiger partial charge in [-0.15, -0.1) is 0 Å². The van der Waals surface area contributed by atoms with Crippen molar-refractivity contribution in [2.24, 2.45) is 5.92 Å². The lowest BCUT2D eigenvalue weighted by atomic mass is 9.97. The molecule has 0 saturated heterocycles. The molecule has 0 radical (unpaired) electrons. The lowest BCUT2D eigenvalue weighted by Crippen LogP contribution is -2.36. The molecule has 0 aromatic heterocycles. The molecule has 1 rings (SSSR count). The smallest absolute Gasteiger partial charge is 0.118 e. The highest BCUT2D eigenvalue weighted by atomic mass is 16.5. The average Bonchev–Trinajstić information content (AvgIpc) is 2.35. The summed E-state index contributed by atoms with van der Waals surface area (Å²) in [5.74, 6) is 1.70. The molecule has 1 atom stereocenters. The first-order chi connectivity index (χ1) is 8.90. The van der Waals surface area contributed by atoms with Gasteiger partial charge in [0.25, 0.3) is 0 Å². The average molecular weight is 263 g/mol. The number of methoxy groups -OCH3 is 1. The Kier molecular flexibility index (Phi) is 6.36. The molecule has 1 unspecified atom stereocenters. The summed E-state index contributed by atoms with van der Waals surface area (Å²) >= 11 is 0. The van der Waals surface area contributed by atoms with Gasteiger partial charge in [-0.3, -0.25) is 0 Å². The maximum absolute atomic E-state index is 5.17. The van der Waals surface area contributed by atoms with Crippen LogP contribution in [0.4, 0.5) is 0 Å². The zero-order chi connectivity index (χ0) is 14.3. The van der Waals surface area contributed by atoms with Gasteiger partial charge in [0.05, 0.1) is 7.11 Å². The molecule has 1 aromatic rings. The summed E-state index contributed by atoms with van der Waals surface area (Å²) in [4.78, 5) is 0. The normalized spacial score (nSPS) is 13.3. The number of nitrogens with one attached hydrogen (secondary N) is 1. The molecule has 0 amide bonds. The van der Waals surface area contributed by atoms with Gasteiger partial charge in [0.15, 0.2) is 0 Å². The SMILES string of the molecule is COc1ccc(CCC(C)CCNC(C)(C)C)cc1. The molecule has 2 nitrogen and oxygen atoms in total. The molecule has 2 heteroatoms. The Morgan fingerprint density at radius 3 is 2.26 bits per heavy atom. The molecule has 0 aliphatic rings. The molecule has 0 spiro atoms. The van der Waals surface area contributed by atoms with Gasteiger partial charge in [-0.25, -0.2) is 0 Å². The number of benzene rings is 1. The van der Waals surface area contributed by atoms with Crippen LogP contribution < -0.4 is 10.1 Å². The summed E-state index contributed by atoms with van der Waals surface area (Å²) in [5.41, 5.74) is 1.63. The van der Waals surface area contributed by atoms with Gasteiger partial charge in [0, 0.05) is 5.54 Å². The minimum absolute atomic E-state index is 0.232. The minimum atomic E-state index is 0.232. The van der Waals surface area contributed by atoms with E-state index in [-0.39, 0.29) is 5.54 Å². The maximum atomic E-state index is 5.17. The number of aryl methyl sites for hydroxylation is 1. The van der Waals surface area contributed by atoms with Crippen molar-refractivity contribution in [3.63, 3.8) is 0 Å². The Balaban J connectivity index is 2.23. The van der Waals surface area contributed by atoms with Crippen molar-refractivity contribution in [3.05, 3.63) is 29.8 Å². The molecule has 0 aliphatic heterocycles. The van der Waals surface area contributed by atoms with Gasteiger partial charge in [-0.2, -0.15) is 0 Å². The van der Waals surface area contributed by atoms with E-state index in [1.165, 1.54) is 18.4 Å².